The topological polar surface area (TPSA) is 51.4 Å². The summed E-state index contributed by atoms with van der Waals surface area (Å²) < 4.78 is 11.0. The van der Waals surface area contributed by atoms with Gasteiger partial charge in [-0.2, -0.15) is 6.07 Å². The molecule has 8 heteroatoms. The molecule has 0 atom stereocenters. The van der Waals surface area contributed by atoms with Crippen molar-refractivity contribution in [3.8, 4) is 23.1 Å². The van der Waals surface area contributed by atoms with Crippen molar-refractivity contribution < 1.29 is 25.8 Å². The fraction of sp³-hybridized carbons (Fsp3) is 0.271. The Bertz CT molecular complexity index is 2580. The van der Waals surface area contributed by atoms with Crippen molar-refractivity contribution in [2.24, 2.45) is 5.92 Å². The fourth-order valence-corrected chi connectivity index (χ4v) is 7.46. The molecule has 1 aliphatic heterocycles. The van der Waals surface area contributed by atoms with E-state index in [1.54, 1.807) is 6.33 Å². The van der Waals surface area contributed by atoms with Gasteiger partial charge in [0.2, 0.25) is 5.95 Å². The molecular weight excluding hydrogens is 872 g/mol. The van der Waals surface area contributed by atoms with Crippen molar-refractivity contribution in [1.29, 1.82) is 0 Å². The zero-order valence-electron chi connectivity index (χ0n) is 33.9. The van der Waals surface area contributed by atoms with E-state index in [9.17, 15) is 0 Å². The predicted molar refractivity (Wildman–Crippen MR) is 225 cm³/mol. The van der Waals surface area contributed by atoms with Crippen LogP contribution < -0.4 is 14.5 Å². The minimum absolute atomic E-state index is 0. The Kier molecular flexibility index (Phi) is 10.3. The first kappa shape index (κ1) is 39.1. The maximum atomic E-state index is 6.76. The smallest absolute Gasteiger partial charge is 0.238 e. The average Bonchev–Trinajstić information content (AvgIpc) is 3.87. The van der Waals surface area contributed by atoms with Gasteiger partial charge < -0.3 is 19.1 Å². The SMILES string of the molecule is Cc1cccc(C)c1-n1cnnc1-n1c2[c-]c(Oc3[c-]c(N4[CH-]N(c5cccc(C(C)(C)C)c5)C=C4C(C)C)cc(C(C)(C)C)c3)ccc2c2ccccc21.[Pt]. The van der Waals surface area contributed by atoms with Crippen LogP contribution in [0.4, 0.5) is 11.4 Å². The van der Waals surface area contributed by atoms with Gasteiger partial charge in [0.15, 0.2) is 0 Å². The van der Waals surface area contributed by atoms with Crippen molar-refractivity contribution >= 4 is 33.2 Å². The van der Waals surface area contributed by atoms with Crippen molar-refractivity contribution in [2.45, 2.75) is 80.1 Å². The van der Waals surface area contributed by atoms with Crippen molar-refractivity contribution in [1.82, 2.24) is 19.3 Å². The molecule has 7 nitrogen and oxygen atoms in total. The molecule has 5 aromatic carbocycles. The standard InChI is InChI=1S/C48H49N6O.Pt/c1-31(2)44-28-51(36-18-14-17-34(23-36)47(5,6)7)30-53(44)37-24-35(48(8,9)10)25-39(26-37)55-38-21-22-41-40-19-11-12-20-42(40)54(43(41)27-38)46-50-49-29-52(46)45-32(3)15-13-16-33(45)4;/h11-25,28-31H,1-10H3;/q-3;. The molecule has 0 saturated carbocycles. The Morgan fingerprint density at radius 1 is 0.732 bits per heavy atom. The molecule has 8 rings (SSSR count). The normalized spacial score (nSPS) is 13.5. The number of rotatable bonds is 7. The summed E-state index contributed by atoms with van der Waals surface area (Å²) in [6.45, 7) is 24.3. The Labute approximate surface area is 345 Å². The summed E-state index contributed by atoms with van der Waals surface area (Å²) in [6.07, 6.45) is 4.03. The molecular formula is C48H49N6OPt-3. The van der Waals surface area contributed by atoms with Crippen LogP contribution in [0.15, 0.2) is 109 Å². The van der Waals surface area contributed by atoms with Gasteiger partial charge in [0, 0.05) is 49.5 Å². The molecule has 0 bridgehead atoms. The van der Waals surface area contributed by atoms with Gasteiger partial charge in [0.1, 0.15) is 6.33 Å². The number of ether oxygens (including phenoxy) is 1. The molecule has 56 heavy (non-hydrogen) atoms. The van der Waals surface area contributed by atoms with E-state index in [0.29, 0.717) is 17.4 Å². The van der Waals surface area contributed by atoms with E-state index >= 15 is 0 Å². The van der Waals surface area contributed by atoms with Gasteiger partial charge in [-0.15, -0.1) is 63.8 Å². The number of anilines is 2. The van der Waals surface area contributed by atoms with Crippen LogP contribution in [0.5, 0.6) is 11.5 Å². The monoisotopic (exact) mass is 920 g/mol. The summed E-state index contributed by atoms with van der Waals surface area (Å²) in [5, 5.41) is 11.3. The van der Waals surface area contributed by atoms with Crippen LogP contribution in [0, 0.1) is 38.6 Å². The molecule has 0 radical (unpaired) electrons. The van der Waals surface area contributed by atoms with E-state index in [1.807, 2.05) is 6.07 Å². The number of hydrogen-bond acceptors (Lipinski definition) is 5. The van der Waals surface area contributed by atoms with Crippen LogP contribution in [0.2, 0.25) is 0 Å². The van der Waals surface area contributed by atoms with E-state index in [4.69, 9.17) is 4.74 Å². The van der Waals surface area contributed by atoms with Gasteiger partial charge in [-0.05, 0) is 77.1 Å². The molecule has 0 N–H and O–H groups in total. The third-order valence-corrected chi connectivity index (χ3v) is 10.5. The Morgan fingerprint density at radius 3 is 2.16 bits per heavy atom. The first-order chi connectivity index (χ1) is 26.2. The largest absolute Gasteiger partial charge is 0.509 e. The molecule has 2 aromatic heterocycles. The second kappa shape index (κ2) is 14.7. The number of fused-ring (bicyclic) bond motifs is 3. The maximum Gasteiger partial charge on any atom is 0.238 e. The van der Waals surface area contributed by atoms with Crippen LogP contribution >= 0.6 is 0 Å². The quantitative estimate of drug-likeness (QED) is 0.149. The third-order valence-electron chi connectivity index (χ3n) is 10.5. The molecule has 0 aliphatic carbocycles. The molecule has 0 fully saturated rings. The first-order valence-corrected chi connectivity index (χ1v) is 19.1. The van der Waals surface area contributed by atoms with Gasteiger partial charge in [0.25, 0.3) is 0 Å². The summed E-state index contributed by atoms with van der Waals surface area (Å²) in [5.74, 6) is 2.18. The van der Waals surface area contributed by atoms with Crippen LogP contribution in [-0.2, 0) is 31.9 Å². The van der Waals surface area contributed by atoms with Gasteiger partial charge in [-0.1, -0.05) is 109 Å². The van der Waals surface area contributed by atoms with Crippen LogP contribution in [0.1, 0.15) is 77.6 Å². The Balaban J connectivity index is 0.00000480. The molecule has 290 valence electrons. The van der Waals surface area contributed by atoms with Crippen LogP contribution in [0.3, 0.4) is 0 Å². The number of nitrogens with zero attached hydrogens (tertiary/aromatic N) is 6. The molecule has 7 aromatic rings. The molecule has 0 saturated heterocycles. The van der Waals surface area contributed by atoms with E-state index in [0.717, 1.165) is 55.6 Å². The van der Waals surface area contributed by atoms with Crippen LogP contribution in [0.25, 0.3) is 33.4 Å². The zero-order valence-corrected chi connectivity index (χ0v) is 36.1. The summed E-state index contributed by atoms with van der Waals surface area (Å²) in [6, 6.07) is 39.3. The Hall–Kier alpha value is -5.13. The average molecular weight is 921 g/mol. The second-order valence-electron chi connectivity index (χ2n) is 17.1. The summed E-state index contributed by atoms with van der Waals surface area (Å²) in [5.41, 5.74) is 10.8. The zero-order chi connectivity index (χ0) is 38.8. The van der Waals surface area contributed by atoms with Crippen molar-refractivity contribution in [3.05, 3.63) is 150 Å². The number of allylic oxidation sites excluding steroid dienone is 1. The molecule has 1 aliphatic rings. The number of benzene rings is 5. The Morgan fingerprint density at radius 2 is 1.45 bits per heavy atom. The van der Waals surface area contributed by atoms with Gasteiger partial charge in [-0.3, -0.25) is 4.57 Å². The van der Waals surface area contributed by atoms with E-state index in [-0.39, 0.29) is 37.8 Å². The summed E-state index contributed by atoms with van der Waals surface area (Å²) in [4.78, 5) is 4.47. The number of para-hydroxylation sites is 2. The van der Waals surface area contributed by atoms with E-state index < -0.39 is 0 Å². The van der Waals surface area contributed by atoms with Gasteiger partial charge in [-0.25, -0.2) is 0 Å². The third kappa shape index (κ3) is 7.18. The minimum Gasteiger partial charge on any atom is -0.509 e. The molecule has 3 heterocycles. The second-order valence-corrected chi connectivity index (χ2v) is 17.1. The summed E-state index contributed by atoms with van der Waals surface area (Å²) >= 11 is 0. The number of aryl methyl sites for hydroxylation is 2. The van der Waals surface area contributed by atoms with Crippen LogP contribution in [-0.4, -0.2) is 19.3 Å². The molecule has 0 unspecified atom stereocenters. The van der Waals surface area contributed by atoms with Crippen molar-refractivity contribution in [2.75, 3.05) is 9.80 Å². The predicted octanol–water partition coefficient (Wildman–Crippen LogP) is 11.9. The molecule has 0 spiro atoms. The molecule has 0 amide bonds. The van der Waals surface area contributed by atoms with E-state index in [1.165, 1.54) is 11.3 Å². The first-order valence-electron chi connectivity index (χ1n) is 19.1. The maximum absolute atomic E-state index is 6.76. The van der Waals surface area contributed by atoms with Gasteiger partial charge in [0.05, 0.1) is 5.69 Å². The van der Waals surface area contributed by atoms with Gasteiger partial charge >= 0.3 is 0 Å². The number of hydrogen-bond donors (Lipinski definition) is 0. The fourth-order valence-electron chi connectivity index (χ4n) is 7.46. The van der Waals surface area contributed by atoms with Crippen molar-refractivity contribution in [3.63, 3.8) is 0 Å². The number of aromatic nitrogens is 4. The summed E-state index contributed by atoms with van der Waals surface area (Å²) in [7, 11) is 0. The minimum atomic E-state index is -0.137. The van der Waals surface area contributed by atoms with E-state index in [2.05, 4.69) is 208 Å².